The molecule has 136 valence electrons. The van der Waals surface area contributed by atoms with Gasteiger partial charge in [0.05, 0.1) is 11.0 Å². The zero-order chi connectivity index (χ0) is 18.8. The van der Waals surface area contributed by atoms with E-state index in [1.165, 1.54) is 28.1 Å². The van der Waals surface area contributed by atoms with Crippen molar-refractivity contribution >= 4 is 34.0 Å². The third-order valence-corrected chi connectivity index (χ3v) is 5.77. The van der Waals surface area contributed by atoms with E-state index in [1.807, 2.05) is 24.3 Å². The van der Waals surface area contributed by atoms with E-state index in [2.05, 4.69) is 66.1 Å². The van der Waals surface area contributed by atoms with Crippen molar-refractivity contribution in [3.05, 3.63) is 83.4 Å². The molecule has 1 aromatic heterocycles. The second-order valence-corrected chi connectivity index (χ2v) is 7.76. The molecule has 0 bridgehead atoms. The molecule has 6 rings (SSSR count). The first-order valence-electron chi connectivity index (χ1n) is 9.70. The van der Waals surface area contributed by atoms with Gasteiger partial charge in [-0.2, -0.15) is 0 Å². The quantitative estimate of drug-likeness (QED) is 0.451. The second-order valence-electron chi connectivity index (χ2n) is 7.76. The lowest BCUT2D eigenvalue weighted by molar-refractivity contribution is 0.723. The Hall–Kier alpha value is -3.40. The van der Waals surface area contributed by atoms with Crippen molar-refractivity contribution < 1.29 is 0 Å². The molecule has 3 aromatic carbocycles. The molecule has 2 aliphatic rings. The number of aryl methyl sites for hydroxylation is 2. The van der Waals surface area contributed by atoms with E-state index in [1.54, 1.807) is 0 Å². The predicted molar refractivity (Wildman–Crippen MR) is 114 cm³/mol. The van der Waals surface area contributed by atoms with Gasteiger partial charge in [0.25, 0.3) is 0 Å². The molecule has 0 aliphatic carbocycles. The molecular formula is C24H20N4. The van der Waals surface area contributed by atoms with E-state index in [-0.39, 0.29) is 6.17 Å². The van der Waals surface area contributed by atoms with Crippen LogP contribution in [-0.4, -0.2) is 16.1 Å². The lowest BCUT2D eigenvalue weighted by Gasteiger charge is -2.27. The molecule has 28 heavy (non-hydrogen) atoms. The van der Waals surface area contributed by atoms with Gasteiger partial charge in [-0.15, -0.1) is 0 Å². The number of nitrogens with zero attached hydrogens (tertiary/aromatic N) is 4. The van der Waals surface area contributed by atoms with E-state index in [0.717, 1.165) is 29.1 Å². The Balaban J connectivity index is 1.63. The van der Waals surface area contributed by atoms with Crippen LogP contribution < -0.4 is 9.80 Å². The smallest absolute Gasteiger partial charge is 0.179 e. The molecule has 0 radical (unpaired) electrons. The van der Waals surface area contributed by atoms with Crippen LogP contribution >= 0.6 is 0 Å². The minimum atomic E-state index is 0.172. The predicted octanol–water partition coefficient (Wildman–Crippen LogP) is 5.42. The van der Waals surface area contributed by atoms with Gasteiger partial charge in [-0.1, -0.05) is 36.4 Å². The summed E-state index contributed by atoms with van der Waals surface area (Å²) in [4.78, 5) is 14.8. The van der Waals surface area contributed by atoms with Gasteiger partial charge in [-0.25, -0.2) is 9.97 Å². The molecule has 4 nitrogen and oxygen atoms in total. The van der Waals surface area contributed by atoms with Gasteiger partial charge >= 0.3 is 0 Å². The fourth-order valence-corrected chi connectivity index (χ4v) is 4.50. The number of benzene rings is 3. The van der Waals surface area contributed by atoms with Crippen LogP contribution in [0.5, 0.6) is 0 Å². The SMILES string of the molecule is Cc1cccc(N2c3nc4ccccc4nc3N3c4cc(C)ccc4CC23)c1. The first-order chi connectivity index (χ1) is 13.7. The summed E-state index contributed by atoms with van der Waals surface area (Å²) in [7, 11) is 0. The summed E-state index contributed by atoms with van der Waals surface area (Å²) in [6, 6.07) is 23.5. The molecule has 2 aliphatic heterocycles. The molecule has 0 saturated heterocycles. The van der Waals surface area contributed by atoms with Crippen LogP contribution in [0.4, 0.5) is 23.0 Å². The Labute approximate surface area is 164 Å². The lowest BCUT2D eigenvalue weighted by atomic mass is 10.1. The summed E-state index contributed by atoms with van der Waals surface area (Å²) in [5, 5.41) is 0. The maximum Gasteiger partial charge on any atom is 0.179 e. The average molecular weight is 364 g/mol. The third-order valence-electron chi connectivity index (χ3n) is 5.77. The molecule has 1 unspecified atom stereocenters. The van der Waals surface area contributed by atoms with Gasteiger partial charge in [0.2, 0.25) is 0 Å². The number of para-hydroxylation sites is 2. The molecule has 0 amide bonds. The van der Waals surface area contributed by atoms with E-state index in [4.69, 9.17) is 9.97 Å². The summed E-state index contributed by atoms with van der Waals surface area (Å²) < 4.78 is 0. The summed E-state index contributed by atoms with van der Waals surface area (Å²) in [6.07, 6.45) is 1.13. The summed E-state index contributed by atoms with van der Waals surface area (Å²) in [6.45, 7) is 4.28. The fourth-order valence-electron chi connectivity index (χ4n) is 4.50. The highest BCUT2D eigenvalue weighted by Gasteiger charge is 2.45. The van der Waals surface area contributed by atoms with Crippen LogP contribution in [0.1, 0.15) is 16.7 Å². The maximum absolute atomic E-state index is 5.05. The molecule has 4 aromatic rings. The van der Waals surface area contributed by atoms with Crippen molar-refractivity contribution in [3.63, 3.8) is 0 Å². The van der Waals surface area contributed by atoms with Crippen LogP contribution in [0.3, 0.4) is 0 Å². The standard InChI is InChI=1S/C24H20N4/c1-15-6-5-7-18(12-15)27-22-14-17-11-10-16(2)13-21(17)28(22)24-23(27)25-19-8-3-4-9-20(19)26-24/h3-13,22H,14H2,1-2H3. The topological polar surface area (TPSA) is 32.3 Å². The van der Waals surface area contributed by atoms with Crippen molar-refractivity contribution in [3.8, 4) is 0 Å². The van der Waals surface area contributed by atoms with Crippen LogP contribution in [0.15, 0.2) is 66.7 Å². The zero-order valence-electron chi connectivity index (χ0n) is 15.9. The molecule has 0 N–H and O–H groups in total. The number of anilines is 4. The Bertz CT molecular complexity index is 1210. The number of aromatic nitrogens is 2. The summed E-state index contributed by atoms with van der Waals surface area (Å²) in [5.41, 5.74) is 8.18. The van der Waals surface area contributed by atoms with E-state index in [9.17, 15) is 0 Å². The van der Waals surface area contributed by atoms with Crippen LogP contribution in [0.2, 0.25) is 0 Å². The first kappa shape index (κ1) is 15.6. The molecular weight excluding hydrogens is 344 g/mol. The Kier molecular flexibility index (Phi) is 3.10. The Morgan fingerprint density at radius 3 is 2.21 bits per heavy atom. The van der Waals surface area contributed by atoms with E-state index < -0.39 is 0 Å². The van der Waals surface area contributed by atoms with Crippen molar-refractivity contribution in [1.29, 1.82) is 0 Å². The highest BCUT2D eigenvalue weighted by molar-refractivity contribution is 5.91. The number of rotatable bonds is 1. The number of hydrogen-bond donors (Lipinski definition) is 0. The second kappa shape index (κ2) is 5.55. The van der Waals surface area contributed by atoms with E-state index in [0.29, 0.717) is 0 Å². The molecule has 3 heterocycles. The summed E-state index contributed by atoms with van der Waals surface area (Å²) >= 11 is 0. The van der Waals surface area contributed by atoms with Crippen molar-refractivity contribution in [2.45, 2.75) is 26.4 Å². The summed E-state index contributed by atoms with van der Waals surface area (Å²) in [5.74, 6) is 1.90. The molecule has 4 heteroatoms. The Morgan fingerprint density at radius 2 is 1.46 bits per heavy atom. The normalized spacial score (nSPS) is 17.0. The maximum atomic E-state index is 5.05. The average Bonchev–Trinajstić information content (AvgIpc) is 3.20. The van der Waals surface area contributed by atoms with Crippen molar-refractivity contribution in [2.75, 3.05) is 9.80 Å². The largest absolute Gasteiger partial charge is 0.301 e. The molecule has 1 atom stereocenters. The third kappa shape index (κ3) is 2.12. The van der Waals surface area contributed by atoms with Gasteiger partial charge in [-0.05, 0) is 60.9 Å². The van der Waals surface area contributed by atoms with Gasteiger partial charge in [0, 0.05) is 17.8 Å². The number of hydrogen-bond acceptors (Lipinski definition) is 4. The minimum Gasteiger partial charge on any atom is -0.301 e. The van der Waals surface area contributed by atoms with Gasteiger partial charge in [0.1, 0.15) is 6.17 Å². The van der Waals surface area contributed by atoms with Gasteiger partial charge < -0.3 is 9.80 Å². The highest BCUT2D eigenvalue weighted by Crippen LogP contribution is 2.51. The van der Waals surface area contributed by atoms with Gasteiger partial charge in [0.15, 0.2) is 11.6 Å². The zero-order valence-corrected chi connectivity index (χ0v) is 15.9. The Morgan fingerprint density at radius 1 is 0.750 bits per heavy atom. The van der Waals surface area contributed by atoms with Gasteiger partial charge in [-0.3, -0.25) is 0 Å². The lowest BCUT2D eigenvalue weighted by Crippen LogP contribution is -2.36. The van der Waals surface area contributed by atoms with Crippen LogP contribution in [-0.2, 0) is 6.42 Å². The first-order valence-corrected chi connectivity index (χ1v) is 9.70. The van der Waals surface area contributed by atoms with E-state index >= 15 is 0 Å². The molecule has 0 saturated carbocycles. The van der Waals surface area contributed by atoms with Crippen LogP contribution in [0, 0.1) is 13.8 Å². The molecule has 0 fully saturated rings. The highest BCUT2D eigenvalue weighted by atomic mass is 15.5. The minimum absolute atomic E-state index is 0.172. The fraction of sp³-hybridized carbons (Fsp3) is 0.167. The van der Waals surface area contributed by atoms with Crippen LogP contribution in [0.25, 0.3) is 11.0 Å². The number of fused-ring (bicyclic) bond motifs is 6. The monoisotopic (exact) mass is 364 g/mol. The van der Waals surface area contributed by atoms with Crippen molar-refractivity contribution in [1.82, 2.24) is 9.97 Å². The molecule has 0 spiro atoms. The van der Waals surface area contributed by atoms with Crippen molar-refractivity contribution in [2.24, 2.45) is 0 Å².